The Labute approximate surface area is 90.6 Å². The van der Waals surface area contributed by atoms with Crippen LogP contribution in [0.25, 0.3) is 0 Å². The van der Waals surface area contributed by atoms with Crippen molar-refractivity contribution in [1.29, 1.82) is 0 Å². The molecule has 0 spiro atoms. The van der Waals surface area contributed by atoms with Crippen LogP contribution in [0.2, 0.25) is 0 Å². The Hall–Kier alpha value is -1.06. The second kappa shape index (κ2) is 6.43. The van der Waals surface area contributed by atoms with Gasteiger partial charge in [-0.2, -0.15) is 0 Å². The van der Waals surface area contributed by atoms with Gasteiger partial charge in [0.15, 0.2) is 6.29 Å². The minimum absolute atomic E-state index is 0.488. The summed E-state index contributed by atoms with van der Waals surface area (Å²) >= 11 is 0. The molecule has 0 radical (unpaired) electrons. The second-order valence-electron chi connectivity index (χ2n) is 3.37. The van der Waals surface area contributed by atoms with Crippen LogP contribution in [0.5, 0.6) is 5.75 Å². The van der Waals surface area contributed by atoms with Crippen LogP contribution < -0.4 is 4.74 Å². The predicted molar refractivity (Wildman–Crippen MR) is 58.9 cm³/mol. The van der Waals surface area contributed by atoms with E-state index in [-0.39, 0.29) is 0 Å². The first-order chi connectivity index (χ1) is 7.22. The van der Waals surface area contributed by atoms with Crippen LogP contribution in [-0.4, -0.2) is 24.6 Å². The average Bonchev–Trinajstić information content (AvgIpc) is 2.18. The molecule has 0 aliphatic rings. The van der Waals surface area contributed by atoms with Crippen LogP contribution in [0.1, 0.15) is 18.9 Å². The monoisotopic (exact) mass is 210 g/mol. The number of rotatable bonds is 6. The standard InChI is InChI=1S/C12H18O3/c1-3-14-8-7-12(13)15-11-6-4-5-10(2)9-11/h4-6,9,12-13H,3,7-8H2,1-2H3. The molecular formula is C12H18O3. The molecule has 3 heteroatoms. The maximum Gasteiger partial charge on any atom is 0.199 e. The van der Waals surface area contributed by atoms with Gasteiger partial charge in [-0.3, -0.25) is 0 Å². The molecule has 84 valence electrons. The number of aliphatic hydroxyl groups is 1. The van der Waals surface area contributed by atoms with E-state index in [1.54, 1.807) is 0 Å². The van der Waals surface area contributed by atoms with Gasteiger partial charge in [-0.15, -0.1) is 0 Å². The molecule has 1 unspecified atom stereocenters. The summed E-state index contributed by atoms with van der Waals surface area (Å²) in [5.41, 5.74) is 1.12. The Bertz CT molecular complexity index is 286. The third kappa shape index (κ3) is 4.81. The van der Waals surface area contributed by atoms with Crippen LogP contribution >= 0.6 is 0 Å². The SMILES string of the molecule is CCOCCC(O)Oc1cccc(C)c1. The Balaban J connectivity index is 2.34. The highest BCUT2D eigenvalue weighted by Gasteiger charge is 2.05. The molecule has 1 N–H and O–H groups in total. The number of hydrogen-bond donors (Lipinski definition) is 1. The topological polar surface area (TPSA) is 38.7 Å². The lowest BCUT2D eigenvalue weighted by Crippen LogP contribution is -2.18. The zero-order valence-electron chi connectivity index (χ0n) is 9.27. The first-order valence-corrected chi connectivity index (χ1v) is 5.21. The number of hydrogen-bond acceptors (Lipinski definition) is 3. The van der Waals surface area contributed by atoms with Gasteiger partial charge in [-0.1, -0.05) is 12.1 Å². The Morgan fingerprint density at radius 2 is 2.20 bits per heavy atom. The maximum atomic E-state index is 9.52. The van der Waals surface area contributed by atoms with Crippen LogP contribution in [0.4, 0.5) is 0 Å². The Morgan fingerprint density at radius 1 is 1.40 bits per heavy atom. The van der Waals surface area contributed by atoms with Crippen molar-refractivity contribution in [2.45, 2.75) is 26.6 Å². The molecule has 3 nitrogen and oxygen atoms in total. The fraction of sp³-hybridized carbons (Fsp3) is 0.500. The lowest BCUT2D eigenvalue weighted by molar-refractivity contribution is -0.0403. The first-order valence-electron chi connectivity index (χ1n) is 5.21. The van der Waals surface area contributed by atoms with E-state index in [0.29, 0.717) is 25.4 Å². The Kier molecular flexibility index (Phi) is 5.15. The fourth-order valence-corrected chi connectivity index (χ4v) is 1.23. The van der Waals surface area contributed by atoms with Gasteiger partial charge in [0, 0.05) is 13.0 Å². The average molecular weight is 210 g/mol. The molecule has 0 aromatic heterocycles. The second-order valence-corrected chi connectivity index (χ2v) is 3.37. The van der Waals surface area contributed by atoms with Crippen molar-refractivity contribution in [3.8, 4) is 5.75 Å². The van der Waals surface area contributed by atoms with Crippen LogP contribution in [-0.2, 0) is 4.74 Å². The molecular weight excluding hydrogens is 192 g/mol. The summed E-state index contributed by atoms with van der Waals surface area (Å²) in [6.45, 7) is 5.09. The molecule has 0 saturated heterocycles. The van der Waals surface area contributed by atoms with Crippen molar-refractivity contribution >= 4 is 0 Å². The van der Waals surface area contributed by atoms with Crippen molar-refractivity contribution in [1.82, 2.24) is 0 Å². The number of aryl methyl sites for hydroxylation is 1. The summed E-state index contributed by atoms with van der Waals surface area (Å²) in [4.78, 5) is 0. The molecule has 0 saturated carbocycles. The highest BCUT2D eigenvalue weighted by Crippen LogP contribution is 2.14. The highest BCUT2D eigenvalue weighted by atomic mass is 16.6. The van der Waals surface area contributed by atoms with E-state index in [0.717, 1.165) is 5.56 Å². The minimum Gasteiger partial charge on any atom is -0.465 e. The van der Waals surface area contributed by atoms with Gasteiger partial charge in [-0.05, 0) is 31.5 Å². The third-order valence-electron chi connectivity index (χ3n) is 1.97. The van der Waals surface area contributed by atoms with E-state index in [1.807, 2.05) is 38.1 Å². The number of ether oxygens (including phenoxy) is 2. The van der Waals surface area contributed by atoms with Gasteiger partial charge in [0.05, 0.1) is 6.61 Å². The lowest BCUT2D eigenvalue weighted by Gasteiger charge is -2.13. The first kappa shape index (κ1) is 12.0. The van der Waals surface area contributed by atoms with Gasteiger partial charge < -0.3 is 14.6 Å². The zero-order valence-corrected chi connectivity index (χ0v) is 9.27. The van der Waals surface area contributed by atoms with E-state index in [4.69, 9.17) is 9.47 Å². The maximum absolute atomic E-state index is 9.52. The third-order valence-corrected chi connectivity index (χ3v) is 1.97. The van der Waals surface area contributed by atoms with Crippen molar-refractivity contribution in [2.75, 3.05) is 13.2 Å². The van der Waals surface area contributed by atoms with E-state index in [9.17, 15) is 5.11 Å². The fourth-order valence-electron chi connectivity index (χ4n) is 1.23. The summed E-state index contributed by atoms with van der Waals surface area (Å²) < 4.78 is 10.4. The van der Waals surface area contributed by atoms with Gasteiger partial charge in [0.25, 0.3) is 0 Å². The molecule has 0 heterocycles. The van der Waals surface area contributed by atoms with Crippen molar-refractivity contribution < 1.29 is 14.6 Å². The summed E-state index contributed by atoms with van der Waals surface area (Å²) in [5.74, 6) is 0.694. The molecule has 0 bridgehead atoms. The van der Waals surface area contributed by atoms with Gasteiger partial charge in [-0.25, -0.2) is 0 Å². The Morgan fingerprint density at radius 3 is 2.87 bits per heavy atom. The summed E-state index contributed by atoms with van der Waals surface area (Å²) in [5, 5.41) is 9.52. The van der Waals surface area contributed by atoms with Crippen LogP contribution in [0, 0.1) is 6.92 Å². The highest BCUT2D eigenvalue weighted by molar-refractivity contribution is 5.27. The zero-order chi connectivity index (χ0) is 11.1. The summed E-state index contributed by atoms with van der Waals surface area (Å²) in [6, 6.07) is 7.61. The molecule has 1 atom stereocenters. The van der Waals surface area contributed by atoms with Crippen molar-refractivity contribution in [2.24, 2.45) is 0 Å². The molecule has 0 amide bonds. The number of aliphatic hydroxyl groups excluding tert-OH is 1. The molecule has 15 heavy (non-hydrogen) atoms. The normalized spacial score (nSPS) is 12.5. The van der Waals surface area contributed by atoms with E-state index >= 15 is 0 Å². The largest absolute Gasteiger partial charge is 0.465 e. The molecule has 0 aliphatic carbocycles. The predicted octanol–water partition coefficient (Wildman–Crippen LogP) is 2.12. The molecule has 0 aliphatic heterocycles. The summed E-state index contributed by atoms with van der Waals surface area (Å²) in [6.07, 6.45) is -0.305. The van der Waals surface area contributed by atoms with Crippen LogP contribution in [0.15, 0.2) is 24.3 Å². The molecule has 1 aromatic carbocycles. The number of benzene rings is 1. The van der Waals surface area contributed by atoms with Gasteiger partial charge in [0.2, 0.25) is 0 Å². The van der Waals surface area contributed by atoms with E-state index in [1.165, 1.54) is 0 Å². The molecule has 0 fully saturated rings. The summed E-state index contributed by atoms with van der Waals surface area (Å²) in [7, 11) is 0. The van der Waals surface area contributed by atoms with E-state index < -0.39 is 6.29 Å². The van der Waals surface area contributed by atoms with E-state index in [2.05, 4.69) is 0 Å². The minimum atomic E-state index is -0.793. The van der Waals surface area contributed by atoms with Gasteiger partial charge in [0.1, 0.15) is 5.75 Å². The lowest BCUT2D eigenvalue weighted by atomic mass is 10.2. The van der Waals surface area contributed by atoms with Crippen LogP contribution in [0.3, 0.4) is 0 Å². The van der Waals surface area contributed by atoms with Crippen molar-refractivity contribution in [3.05, 3.63) is 29.8 Å². The molecule has 1 aromatic rings. The van der Waals surface area contributed by atoms with Gasteiger partial charge >= 0.3 is 0 Å². The molecule has 1 rings (SSSR count). The quantitative estimate of drug-likeness (QED) is 0.577. The smallest absolute Gasteiger partial charge is 0.199 e. The van der Waals surface area contributed by atoms with Crippen molar-refractivity contribution in [3.63, 3.8) is 0 Å².